The first-order valence-electron chi connectivity index (χ1n) is 5.70. The average Bonchev–Trinajstić information content (AvgIpc) is 2.40. The highest BCUT2D eigenvalue weighted by Crippen LogP contribution is 2.20. The van der Waals surface area contributed by atoms with Crippen LogP contribution in [0.4, 0.5) is 5.69 Å². The predicted molar refractivity (Wildman–Crippen MR) is 72.9 cm³/mol. The SMILES string of the molecule is C#CN(CCCC)S(=O)(=O)c1ccc(N=[N+]=[N-])cc1. The van der Waals surface area contributed by atoms with Crippen LogP contribution in [0.3, 0.4) is 0 Å². The summed E-state index contributed by atoms with van der Waals surface area (Å²) in [7, 11) is -3.69. The van der Waals surface area contributed by atoms with Crippen molar-refractivity contribution >= 4 is 15.7 Å². The molecule has 0 bridgehead atoms. The molecule has 19 heavy (non-hydrogen) atoms. The molecule has 0 saturated carbocycles. The fourth-order valence-corrected chi connectivity index (χ4v) is 2.66. The zero-order valence-electron chi connectivity index (χ0n) is 10.5. The van der Waals surface area contributed by atoms with Crippen molar-refractivity contribution in [3.05, 3.63) is 34.7 Å². The van der Waals surface area contributed by atoms with Gasteiger partial charge in [0, 0.05) is 23.2 Å². The zero-order valence-corrected chi connectivity index (χ0v) is 11.3. The maximum Gasteiger partial charge on any atom is 0.270 e. The van der Waals surface area contributed by atoms with Gasteiger partial charge in [-0.05, 0) is 24.1 Å². The lowest BCUT2D eigenvalue weighted by Crippen LogP contribution is -2.27. The Balaban J connectivity index is 3.05. The third kappa shape index (κ3) is 3.65. The number of hydrogen-bond acceptors (Lipinski definition) is 3. The molecular formula is C12H14N4O2S. The fraction of sp³-hybridized carbons (Fsp3) is 0.333. The van der Waals surface area contributed by atoms with Gasteiger partial charge in [0.15, 0.2) is 0 Å². The zero-order chi connectivity index (χ0) is 14.3. The summed E-state index contributed by atoms with van der Waals surface area (Å²) in [5.74, 6) is 0. The molecule has 0 aromatic heterocycles. The highest BCUT2D eigenvalue weighted by Gasteiger charge is 2.21. The van der Waals surface area contributed by atoms with E-state index in [2.05, 4.69) is 16.1 Å². The summed E-state index contributed by atoms with van der Waals surface area (Å²) >= 11 is 0. The van der Waals surface area contributed by atoms with E-state index in [0.717, 1.165) is 10.7 Å². The molecule has 0 heterocycles. The molecule has 0 saturated heterocycles. The maximum atomic E-state index is 12.2. The highest BCUT2D eigenvalue weighted by molar-refractivity contribution is 7.89. The molecule has 0 fully saturated rings. The van der Waals surface area contributed by atoms with Crippen LogP contribution in [0.15, 0.2) is 34.3 Å². The smallest absolute Gasteiger partial charge is 0.225 e. The number of nitrogens with zero attached hydrogens (tertiary/aromatic N) is 4. The van der Waals surface area contributed by atoms with Crippen molar-refractivity contribution in [3.63, 3.8) is 0 Å². The van der Waals surface area contributed by atoms with Crippen LogP contribution in [0.25, 0.3) is 10.4 Å². The predicted octanol–water partition coefficient (Wildman–Crippen LogP) is 3.01. The molecule has 0 aliphatic carbocycles. The second-order valence-electron chi connectivity index (χ2n) is 3.74. The van der Waals surface area contributed by atoms with Gasteiger partial charge in [-0.3, -0.25) is 0 Å². The summed E-state index contributed by atoms with van der Waals surface area (Å²) in [6, 6.07) is 7.78. The van der Waals surface area contributed by atoms with Crippen molar-refractivity contribution in [1.29, 1.82) is 0 Å². The van der Waals surface area contributed by atoms with Gasteiger partial charge in [-0.2, -0.15) is 0 Å². The second kappa shape index (κ2) is 6.69. The van der Waals surface area contributed by atoms with E-state index in [1.54, 1.807) is 0 Å². The molecule has 0 aliphatic rings. The van der Waals surface area contributed by atoms with Gasteiger partial charge in [0.2, 0.25) is 0 Å². The number of sulfonamides is 1. The molecule has 0 atom stereocenters. The lowest BCUT2D eigenvalue weighted by molar-refractivity contribution is 0.500. The van der Waals surface area contributed by atoms with Gasteiger partial charge < -0.3 is 0 Å². The molecule has 6 nitrogen and oxygen atoms in total. The summed E-state index contributed by atoms with van der Waals surface area (Å²) in [6.45, 7) is 2.24. The quantitative estimate of drug-likeness (QED) is 0.263. The first-order valence-corrected chi connectivity index (χ1v) is 7.14. The van der Waals surface area contributed by atoms with Crippen molar-refractivity contribution in [2.45, 2.75) is 24.7 Å². The lowest BCUT2D eigenvalue weighted by atomic mass is 10.3. The van der Waals surface area contributed by atoms with Crippen LogP contribution in [0.1, 0.15) is 19.8 Å². The number of rotatable bonds is 6. The van der Waals surface area contributed by atoms with Gasteiger partial charge >= 0.3 is 0 Å². The Bertz CT molecular complexity index is 610. The molecule has 0 amide bonds. The summed E-state index contributed by atoms with van der Waals surface area (Å²) in [4.78, 5) is 2.70. The monoisotopic (exact) mass is 278 g/mol. The average molecular weight is 278 g/mol. The van der Waals surface area contributed by atoms with E-state index in [1.165, 1.54) is 24.3 Å². The first kappa shape index (κ1) is 14.9. The van der Waals surface area contributed by atoms with Crippen LogP contribution in [0.2, 0.25) is 0 Å². The van der Waals surface area contributed by atoms with Gasteiger partial charge in [0.05, 0.1) is 4.90 Å². The van der Waals surface area contributed by atoms with E-state index in [4.69, 9.17) is 12.0 Å². The molecule has 1 aromatic carbocycles. The summed E-state index contributed by atoms with van der Waals surface area (Å²) in [5.41, 5.74) is 8.63. The molecule has 0 radical (unpaired) electrons. The Morgan fingerprint density at radius 2 is 2.05 bits per heavy atom. The summed E-state index contributed by atoms with van der Waals surface area (Å²) in [6.07, 6.45) is 6.79. The highest BCUT2D eigenvalue weighted by atomic mass is 32.2. The van der Waals surface area contributed by atoms with Gasteiger partial charge in [-0.15, -0.1) is 0 Å². The van der Waals surface area contributed by atoms with Gasteiger partial charge in [0.25, 0.3) is 10.0 Å². The third-order valence-corrected chi connectivity index (χ3v) is 4.18. The van der Waals surface area contributed by atoms with Crippen LogP contribution in [-0.2, 0) is 10.0 Å². The minimum absolute atomic E-state index is 0.0819. The van der Waals surface area contributed by atoms with Gasteiger partial charge in [-0.1, -0.05) is 37.0 Å². The van der Waals surface area contributed by atoms with E-state index >= 15 is 0 Å². The molecule has 0 N–H and O–H groups in total. The number of azide groups is 1. The Morgan fingerprint density at radius 3 is 2.53 bits per heavy atom. The van der Waals surface area contributed by atoms with Crippen molar-refractivity contribution in [2.75, 3.05) is 6.54 Å². The van der Waals surface area contributed by atoms with E-state index in [9.17, 15) is 8.42 Å². The standard InChI is InChI=1S/C12H14N4O2S/c1-3-5-10-16(4-2)19(17,18)12-8-6-11(7-9-12)14-15-13/h2,6-9H,3,5,10H2,1H3. The second-order valence-corrected chi connectivity index (χ2v) is 5.61. The van der Waals surface area contributed by atoms with Crippen molar-refractivity contribution in [1.82, 2.24) is 4.31 Å². The Labute approximate surface area is 112 Å². The van der Waals surface area contributed by atoms with Gasteiger partial charge in [-0.25, -0.2) is 12.7 Å². The number of hydrogen-bond donors (Lipinski definition) is 0. The molecule has 0 unspecified atom stereocenters. The fourth-order valence-electron chi connectivity index (χ4n) is 1.42. The van der Waals surface area contributed by atoms with Crippen LogP contribution in [0, 0.1) is 12.5 Å². The Kier molecular flexibility index (Phi) is 5.24. The maximum absolute atomic E-state index is 12.2. The molecule has 0 aliphatic heterocycles. The lowest BCUT2D eigenvalue weighted by Gasteiger charge is -2.17. The van der Waals surface area contributed by atoms with Crippen LogP contribution >= 0.6 is 0 Å². The molecular weight excluding hydrogens is 264 g/mol. The number of unbranched alkanes of at least 4 members (excludes halogenated alkanes) is 1. The van der Waals surface area contributed by atoms with Crippen molar-refractivity contribution in [2.24, 2.45) is 5.11 Å². The van der Waals surface area contributed by atoms with E-state index < -0.39 is 10.0 Å². The normalized spacial score (nSPS) is 10.3. The molecule has 0 spiro atoms. The largest absolute Gasteiger partial charge is 0.270 e. The minimum atomic E-state index is -3.69. The van der Waals surface area contributed by atoms with Gasteiger partial charge in [0.1, 0.15) is 0 Å². The van der Waals surface area contributed by atoms with Crippen LogP contribution in [-0.4, -0.2) is 19.3 Å². The first-order chi connectivity index (χ1) is 9.06. The number of benzene rings is 1. The topological polar surface area (TPSA) is 86.1 Å². The molecule has 1 rings (SSSR count). The molecule has 7 heteroatoms. The van der Waals surface area contributed by atoms with E-state index in [0.29, 0.717) is 12.1 Å². The number of terminal acetylenes is 1. The van der Waals surface area contributed by atoms with Crippen LogP contribution < -0.4 is 0 Å². The van der Waals surface area contributed by atoms with Crippen molar-refractivity contribution < 1.29 is 8.42 Å². The molecule has 100 valence electrons. The Hall–Kier alpha value is -2.16. The molecule has 1 aromatic rings. The minimum Gasteiger partial charge on any atom is -0.225 e. The van der Waals surface area contributed by atoms with Crippen LogP contribution in [0.5, 0.6) is 0 Å². The summed E-state index contributed by atoms with van der Waals surface area (Å²) < 4.78 is 25.4. The summed E-state index contributed by atoms with van der Waals surface area (Å²) in [5, 5.41) is 3.38. The van der Waals surface area contributed by atoms with Crippen molar-refractivity contribution in [3.8, 4) is 12.5 Å². The third-order valence-electron chi connectivity index (χ3n) is 2.44. The van der Waals surface area contributed by atoms with E-state index in [-0.39, 0.29) is 11.4 Å². The van der Waals surface area contributed by atoms with E-state index in [1.807, 2.05) is 6.92 Å². The Morgan fingerprint density at radius 1 is 1.42 bits per heavy atom.